The molecule has 0 bridgehead atoms. The molecular weight excluding hydrogens is 402 g/mol. The second kappa shape index (κ2) is 9.24. The average Bonchev–Trinajstić information content (AvgIpc) is 3.28. The van der Waals surface area contributed by atoms with Crippen LogP contribution in [0.5, 0.6) is 5.75 Å². The summed E-state index contributed by atoms with van der Waals surface area (Å²) in [7, 11) is 0. The van der Waals surface area contributed by atoms with Crippen molar-refractivity contribution in [3.05, 3.63) is 89.4 Å². The Balaban J connectivity index is 1.37. The lowest BCUT2D eigenvalue weighted by atomic mass is 10.2. The van der Waals surface area contributed by atoms with Gasteiger partial charge in [-0.15, -0.1) is 0 Å². The number of benzene rings is 3. The number of hydrogen-bond acceptors (Lipinski definition) is 5. The van der Waals surface area contributed by atoms with Crippen LogP contribution in [0.2, 0.25) is 5.02 Å². The largest absolute Gasteiger partial charge is 0.484 e. The molecule has 6 nitrogen and oxygen atoms in total. The van der Waals surface area contributed by atoms with Crippen molar-refractivity contribution in [2.24, 2.45) is 0 Å². The van der Waals surface area contributed by atoms with Crippen molar-refractivity contribution in [2.75, 3.05) is 6.61 Å². The van der Waals surface area contributed by atoms with Crippen molar-refractivity contribution < 1.29 is 14.1 Å². The van der Waals surface area contributed by atoms with Crippen LogP contribution in [-0.2, 0) is 11.3 Å². The maximum atomic E-state index is 12.0. The molecule has 0 aliphatic heterocycles. The van der Waals surface area contributed by atoms with E-state index in [9.17, 15) is 4.79 Å². The Morgan fingerprint density at radius 1 is 0.967 bits per heavy atom. The van der Waals surface area contributed by atoms with Gasteiger partial charge in [-0.25, -0.2) is 0 Å². The van der Waals surface area contributed by atoms with E-state index in [1.165, 1.54) is 0 Å². The number of rotatable bonds is 7. The van der Waals surface area contributed by atoms with Gasteiger partial charge in [0.15, 0.2) is 6.61 Å². The molecule has 0 radical (unpaired) electrons. The monoisotopic (exact) mass is 419 g/mol. The normalized spacial score (nSPS) is 10.6. The number of aromatic nitrogens is 2. The lowest BCUT2D eigenvalue weighted by Gasteiger charge is -2.08. The zero-order chi connectivity index (χ0) is 20.8. The molecule has 30 heavy (non-hydrogen) atoms. The van der Waals surface area contributed by atoms with Crippen LogP contribution in [0.25, 0.3) is 22.8 Å². The number of ether oxygens (including phenoxy) is 1. The smallest absolute Gasteiger partial charge is 0.258 e. The number of nitrogens with zero attached hydrogens (tertiary/aromatic N) is 2. The van der Waals surface area contributed by atoms with Gasteiger partial charge in [0.1, 0.15) is 5.75 Å². The van der Waals surface area contributed by atoms with Crippen LogP contribution in [-0.4, -0.2) is 22.7 Å². The average molecular weight is 420 g/mol. The van der Waals surface area contributed by atoms with E-state index in [4.69, 9.17) is 20.9 Å². The summed E-state index contributed by atoms with van der Waals surface area (Å²) in [5, 5.41) is 7.49. The van der Waals surface area contributed by atoms with E-state index in [1.54, 1.807) is 24.3 Å². The molecule has 0 aliphatic carbocycles. The van der Waals surface area contributed by atoms with Gasteiger partial charge in [0.25, 0.3) is 11.8 Å². The highest BCUT2D eigenvalue weighted by Gasteiger charge is 2.12. The maximum absolute atomic E-state index is 12.0. The van der Waals surface area contributed by atoms with Gasteiger partial charge in [-0.1, -0.05) is 59.2 Å². The first-order chi connectivity index (χ1) is 14.7. The molecule has 1 heterocycles. The highest BCUT2D eigenvalue weighted by Crippen LogP contribution is 2.25. The molecule has 1 amide bonds. The first-order valence-corrected chi connectivity index (χ1v) is 9.69. The zero-order valence-electron chi connectivity index (χ0n) is 15.9. The Bertz CT molecular complexity index is 1130. The minimum atomic E-state index is -0.200. The van der Waals surface area contributed by atoms with E-state index in [0.717, 1.165) is 16.7 Å². The molecular formula is C23H18ClN3O3. The van der Waals surface area contributed by atoms with E-state index < -0.39 is 0 Å². The van der Waals surface area contributed by atoms with Crippen LogP contribution in [0.15, 0.2) is 83.4 Å². The SMILES string of the molecule is O=C(COc1cccc(-c2noc(-c3ccc(Cl)cc3)n2)c1)NCc1ccccc1. The van der Waals surface area contributed by atoms with Gasteiger partial charge < -0.3 is 14.6 Å². The summed E-state index contributed by atoms with van der Waals surface area (Å²) >= 11 is 5.91. The number of nitrogens with one attached hydrogen (secondary N) is 1. The van der Waals surface area contributed by atoms with Crippen molar-refractivity contribution in [2.45, 2.75) is 6.54 Å². The molecule has 0 unspecified atom stereocenters. The molecule has 7 heteroatoms. The molecule has 1 aromatic heterocycles. The summed E-state index contributed by atoms with van der Waals surface area (Å²) in [5.41, 5.74) is 2.53. The molecule has 3 aromatic carbocycles. The third-order valence-corrected chi connectivity index (χ3v) is 4.56. The van der Waals surface area contributed by atoms with Crippen molar-refractivity contribution in [3.8, 4) is 28.6 Å². The number of carbonyl (C=O) groups excluding carboxylic acids is 1. The Hall–Kier alpha value is -3.64. The topological polar surface area (TPSA) is 77.2 Å². The molecule has 4 aromatic rings. The summed E-state index contributed by atoms with van der Waals surface area (Å²) in [6, 6.07) is 24.0. The van der Waals surface area contributed by atoms with Crippen LogP contribution >= 0.6 is 11.6 Å². The molecule has 0 spiro atoms. The van der Waals surface area contributed by atoms with E-state index in [2.05, 4.69) is 15.5 Å². The van der Waals surface area contributed by atoms with Crippen molar-refractivity contribution in [1.29, 1.82) is 0 Å². The molecule has 0 fully saturated rings. The molecule has 4 rings (SSSR count). The van der Waals surface area contributed by atoms with E-state index in [0.29, 0.717) is 29.0 Å². The van der Waals surface area contributed by atoms with Gasteiger partial charge in [-0.05, 0) is 42.0 Å². The molecule has 150 valence electrons. The minimum Gasteiger partial charge on any atom is -0.484 e. The fraction of sp³-hybridized carbons (Fsp3) is 0.0870. The van der Waals surface area contributed by atoms with Crippen LogP contribution in [0.1, 0.15) is 5.56 Å². The first kappa shape index (κ1) is 19.7. The second-order valence-corrected chi connectivity index (χ2v) is 6.95. The lowest BCUT2D eigenvalue weighted by molar-refractivity contribution is -0.123. The summed E-state index contributed by atoms with van der Waals surface area (Å²) in [5.74, 6) is 1.17. The third kappa shape index (κ3) is 5.04. The number of amides is 1. The van der Waals surface area contributed by atoms with Crippen molar-refractivity contribution in [1.82, 2.24) is 15.5 Å². The molecule has 0 atom stereocenters. The van der Waals surface area contributed by atoms with Gasteiger partial charge >= 0.3 is 0 Å². The molecule has 0 saturated heterocycles. The van der Waals surface area contributed by atoms with Crippen LogP contribution in [0.3, 0.4) is 0 Å². The van der Waals surface area contributed by atoms with Crippen molar-refractivity contribution in [3.63, 3.8) is 0 Å². The summed E-state index contributed by atoms with van der Waals surface area (Å²) in [4.78, 5) is 16.5. The van der Waals surface area contributed by atoms with Crippen LogP contribution < -0.4 is 10.1 Å². The lowest BCUT2D eigenvalue weighted by Crippen LogP contribution is -2.28. The predicted molar refractivity (Wildman–Crippen MR) is 114 cm³/mol. The van der Waals surface area contributed by atoms with Gasteiger partial charge in [0.05, 0.1) is 0 Å². The zero-order valence-corrected chi connectivity index (χ0v) is 16.7. The Kier molecular flexibility index (Phi) is 6.06. The van der Waals surface area contributed by atoms with E-state index in [-0.39, 0.29) is 12.5 Å². The second-order valence-electron chi connectivity index (χ2n) is 6.51. The fourth-order valence-electron chi connectivity index (χ4n) is 2.77. The Morgan fingerprint density at radius 2 is 1.77 bits per heavy atom. The van der Waals surface area contributed by atoms with Gasteiger partial charge in [0, 0.05) is 22.7 Å². The molecule has 0 saturated carbocycles. The maximum Gasteiger partial charge on any atom is 0.258 e. The predicted octanol–water partition coefficient (Wildman–Crippen LogP) is 4.75. The molecule has 0 aliphatic rings. The quantitative estimate of drug-likeness (QED) is 0.467. The number of halogens is 1. The number of carbonyl (C=O) groups is 1. The van der Waals surface area contributed by atoms with Gasteiger partial charge in [-0.2, -0.15) is 4.98 Å². The van der Waals surface area contributed by atoms with Gasteiger partial charge in [0.2, 0.25) is 5.82 Å². The standard InChI is InChI=1S/C23H18ClN3O3/c24-19-11-9-17(10-12-19)23-26-22(27-30-23)18-7-4-8-20(13-18)29-15-21(28)25-14-16-5-2-1-3-6-16/h1-13H,14-15H2,(H,25,28). The van der Waals surface area contributed by atoms with E-state index in [1.807, 2.05) is 54.6 Å². The third-order valence-electron chi connectivity index (χ3n) is 4.31. The minimum absolute atomic E-state index is 0.0848. The number of hydrogen-bond donors (Lipinski definition) is 1. The van der Waals surface area contributed by atoms with Crippen LogP contribution in [0, 0.1) is 0 Å². The van der Waals surface area contributed by atoms with Crippen LogP contribution in [0.4, 0.5) is 0 Å². The Morgan fingerprint density at radius 3 is 2.57 bits per heavy atom. The van der Waals surface area contributed by atoms with E-state index >= 15 is 0 Å². The molecule has 1 N–H and O–H groups in total. The van der Waals surface area contributed by atoms with Gasteiger partial charge in [-0.3, -0.25) is 4.79 Å². The summed E-state index contributed by atoms with van der Waals surface area (Å²) in [6.45, 7) is 0.373. The van der Waals surface area contributed by atoms with Crippen molar-refractivity contribution >= 4 is 17.5 Å². The highest BCUT2D eigenvalue weighted by molar-refractivity contribution is 6.30. The summed E-state index contributed by atoms with van der Waals surface area (Å²) < 4.78 is 11.0. The first-order valence-electron chi connectivity index (χ1n) is 9.31. The Labute approximate surface area is 178 Å². The summed E-state index contributed by atoms with van der Waals surface area (Å²) in [6.07, 6.45) is 0. The highest BCUT2D eigenvalue weighted by atomic mass is 35.5. The fourth-order valence-corrected chi connectivity index (χ4v) is 2.90.